The molecule has 0 N–H and O–H groups in total. The van der Waals surface area contributed by atoms with Crippen LogP contribution in [-0.4, -0.2) is 34.6 Å². The molecule has 0 radical (unpaired) electrons. The Labute approximate surface area is 153 Å². The number of benzene rings is 1. The average molecular weight is 352 g/mol. The van der Waals surface area contributed by atoms with Crippen LogP contribution in [0.4, 0.5) is 0 Å². The van der Waals surface area contributed by atoms with E-state index < -0.39 is 0 Å². The first-order valence-electron chi connectivity index (χ1n) is 9.20. The quantitative estimate of drug-likeness (QED) is 0.853. The summed E-state index contributed by atoms with van der Waals surface area (Å²) < 4.78 is 7.62. The summed E-state index contributed by atoms with van der Waals surface area (Å²) in [5, 5.41) is 0. The maximum Gasteiger partial charge on any atom is 0.263 e. The number of carbonyl (C=O) groups is 1. The minimum atomic E-state index is -0.211. The van der Waals surface area contributed by atoms with Crippen molar-refractivity contribution in [2.24, 2.45) is 18.9 Å². The van der Waals surface area contributed by atoms with Crippen LogP contribution in [-0.2, 0) is 7.05 Å². The second-order valence-corrected chi connectivity index (χ2v) is 7.51. The fraction of sp³-hybridized carbons (Fsp3) is 0.429. The van der Waals surface area contributed by atoms with Gasteiger partial charge in [0.2, 0.25) is 0 Å². The zero-order chi connectivity index (χ0) is 18.3. The van der Waals surface area contributed by atoms with Gasteiger partial charge in [0.25, 0.3) is 11.5 Å². The number of hydrogen-bond donors (Lipinski definition) is 0. The van der Waals surface area contributed by atoms with E-state index in [9.17, 15) is 9.59 Å². The van der Waals surface area contributed by atoms with Gasteiger partial charge in [-0.05, 0) is 55.9 Å². The van der Waals surface area contributed by atoms with Crippen molar-refractivity contribution in [3.05, 3.63) is 64.1 Å². The molecular weight excluding hydrogens is 328 g/mol. The minimum absolute atomic E-state index is 0.138. The number of ether oxygens (including phenoxy) is 1. The molecule has 1 saturated carbocycles. The Balaban J connectivity index is 1.41. The van der Waals surface area contributed by atoms with Crippen LogP contribution in [0.2, 0.25) is 0 Å². The van der Waals surface area contributed by atoms with Crippen molar-refractivity contribution in [2.45, 2.75) is 25.9 Å². The predicted octanol–water partition coefficient (Wildman–Crippen LogP) is 2.62. The van der Waals surface area contributed by atoms with E-state index in [1.807, 2.05) is 48.2 Å². The summed E-state index contributed by atoms with van der Waals surface area (Å²) in [6, 6.07) is 13.4. The number of likely N-dealkylation sites (tertiary alicyclic amines) is 1. The van der Waals surface area contributed by atoms with Gasteiger partial charge in [0, 0.05) is 25.8 Å². The van der Waals surface area contributed by atoms with Crippen molar-refractivity contribution in [1.29, 1.82) is 0 Å². The molecule has 1 aromatic heterocycles. The van der Waals surface area contributed by atoms with Gasteiger partial charge < -0.3 is 14.2 Å². The van der Waals surface area contributed by atoms with E-state index in [0.29, 0.717) is 11.8 Å². The average Bonchev–Trinajstić information content (AvgIpc) is 3.19. The standard InChI is InChI=1S/C21H24N2O3/c1-14-8-9-19(20(24)22(14)2)21(25)23-12-15-10-18(11-16(15)13-23)26-17-6-4-3-5-7-17/h3-9,15-16,18H,10-13H2,1-2H3/t15-,16+,18?. The van der Waals surface area contributed by atoms with E-state index in [1.165, 1.54) is 4.57 Å². The fourth-order valence-corrected chi connectivity index (χ4v) is 4.26. The summed E-state index contributed by atoms with van der Waals surface area (Å²) in [4.78, 5) is 27.0. The summed E-state index contributed by atoms with van der Waals surface area (Å²) >= 11 is 0. The van der Waals surface area contributed by atoms with Crippen LogP contribution < -0.4 is 10.3 Å². The van der Waals surface area contributed by atoms with Crippen LogP contribution in [0.5, 0.6) is 5.75 Å². The van der Waals surface area contributed by atoms with Crippen molar-refractivity contribution in [1.82, 2.24) is 9.47 Å². The SMILES string of the molecule is Cc1ccc(C(=O)N2C[C@H]3CC(Oc4ccccc4)C[C@H]3C2)c(=O)n1C. The van der Waals surface area contributed by atoms with Crippen molar-refractivity contribution >= 4 is 5.91 Å². The molecule has 1 aliphatic carbocycles. The highest BCUT2D eigenvalue weighted by Crippen LogP contribution is 2.40. The Hall–Kier alpha value is -2.56. The van der Waals surface area contributed by atoms with Crippen LogP contribution in [0.15, 0.2) is 47.3 Å². The zero-order valence-electron chi connectivity index (χ0n) is 15.2. The van der Waals surface area contributed by atoms with Gasteiger partial charge >= 0.3 is 0 Å². The van der Waals surface area contributed by atoms with Crippen LogP contribution in [0, 0.1) is 18.8 Å². The maximum absolute atomic E-state index is 12.8. The highest BCUT2D eigenvalue weighted by molar-refractivity contribution is 5.94. The van der Waals surface area contributed by atoms with E-state index >= 15 is 0 Å². The number of pyridine rings is 1. The molecule has 1 saturated heterocycles. The third-order valence-corrected chi connectivity index (χ3v) is 5.83. The fourth-order valence-electron chi connectivity index (χ4n) is 4.26. The molecule has 1 aromatic carbocycles. The van der Waals surface area contributed by atoms with Gasteiger partial charge in [-0.3, -0.25) is 9.59 Å². The number of aromatic nitrogens is 1. The summed E-state index contributed by atoms with van der Waals surface area (Å²) in [5.41, 5.74) is 0.915. The van der Waals surface area contributed by atoms with Gasteiger partial charge in [-0.25, -0.2) is 0 Å². The van der Waals surface area contributed by atoms with Crippen LogP contribution in [0.25, 0.3) is 0 Å². The molecule has 1 unspecified atom stereocenters. The predicted molar refractivity (Wildman–Crippen MR) is 99.4 cm³/mol. The lowest BCUT2D eigenvalue weighted by atomic mass is 10.0. The summed E-state index contributed by atoms with van der Waals surface area (Å²) in [6.45, 7) is 3.30. The molecule has 0 bridgehead atoms. The monoisotopic (exact) mass is 352 g/mol. The van der Waals surface area contributed by atoms with E-state index in [-0.39, 0.29) is 23.1 Å². The Morgan fingerprint density at radius 3 is 2.35 bits per heavy atom. The van der Waals surface area contributed by atoms with Crippen molar-refractivity contribution in [3.63, 3.8) is 0 Å². The lowest BCUT2D eigenvalue weighted by Gasteiger charge is -2.20. The van der Waals surface area contributed by atoms with Crippen LogP contribution >= 0.6 is 0 Å². The lowest BCUT2D eigenvalue weighted by Crippen LogP contribution is -2.36. The number of aryl methyl sites for hydroxylation is 1. The van der Waals surface area contributed by atoms with Crippen LogP contribution in [0.1, 0.15) is 28.9 Å². The number of para-hydroxylation sites is 1. The van der Waals surface area contributed by atoms with Crippen molar-refractivity contribution < 1.29 is 9.53 Å². The molecule has 2 fully saturated rings. The summed E-state index contributed by atoms with van der Waals surface area (Å²) in [6.07, 6.45) is 2.15. The Morgan fingerprint density at radius 2 is 1.69 bits per heavy atom. The number of carbonyl (C=O) groups excluding carboxylic acids is 1. The Morgan fingerprint density at radius 1 is 1.04 bits per heavy atom. The first kappa shape index (κ1) is 16.9. The molecule has 1 aliphatic heterocycles. The smallest absolute Gasteiger partial charge is 0.263 e. The highest BCUT2D eigenvalue weighted by atomic mass is 16.5. The second-order valence-electron chi connectivity index (χ2n) is 7.51. The van der Waals surface area contributed by atoms with Gasteiger partial charge in [0.15, 0.2) is 0 Å². The second kappa shape index (κ2) is 6.63. The van der Waals surface area contributed by atoms with Crippen molar-refractivity contribution in [2.75, 3.05) is 13.1 Å². The zero-order valence-corrected chi connectivity index (χ0v) is 15.2. The van der Waals surface area contributed by atoms with Gasteiger partial charge in [0.1, 0.15) is 11.3 Å². The van der Waals surface area contributed by atoms with E-state index in [0.717, 1.165) is 37.4 Å². The first-order valence-corrected chi connectivity index (χ1v) is 9.20. The number of rotatable bonds is 3. The summed E-state index contributed by atoms with van der Waals surface area (Å²) in [7, 11) is 1.71. The van der Waals surface area contributed by atoms with Gasteiger partial charge in [0.05, 0.1) is 6.10 Å². The van der Waals surface area contributed by atoms with Gasteiger partial charge in [-0.15, -0.1) is 0 Å². The number of fused-ring (bicyclic) bond motifs is 1. The lowest BCUT2D eigenvalue weighted by molar-refractivity contribution is 0.0767. The summed E-state index contributed by atoms with van der Waals surface area (Å²) in [5.74, 6) is 1.69. The molecule has 26 heavy (non-hydrogen) atoms. The molecule has 3 atom stereocenters. The molecule has 2 aliphatic rings. The molecular formula is C21H24N2O3. The topological polar surface area (TPSA) is 51.5 Å². The molecule has 4 rings (SSSR count). The minimum Gasteiger partial charge on any atom is -0.490 e. The van der Waals surface area contributed by atoms with Crippen molar-refractivity contribution in [3.8, 4) is 5.75 Å². The van der Waals surface area contributed by atoms with Gasteiger partial charge in [-0.1, -0.05) is 18.2 Å². The number of amides is 1. The largest absolute Gasteiger partial charge is 0.490 e. The Kier molecular flexibility index (Phi) is 4.31. The molecule has 1 amide bonds. The third kappa shape index (κ3) is 3.02. The number of nitrogens with zero attached hydrogens (tertiary/aromatic N) is 2. The third-order valence-electron chi connectivity index (χ3n) is 5.83. The van der Waals surface area contributed by atoms with E-state index in [2.05, 4.69) is 0 Å². The highest BCUT2D eigenvalue weighted by Gasteiger charge is 2.43. The molecule has 0 spiro atoms. The number of hydrogen-bond acceptors (Lipinski definition) is 3. The molecule has 136 valence electrons. The molecule has 5 heteroatoms. The first-order chi connectivity index (χ1) is 12.5. The van der Waals surface area contributed by atoms with E-state index in [4.69, 9.17) is 4.74 Å². The molecule has 2 heterocycles. The van der Waals surface area contributed by atoms with E-state index in [1.54, 1.807) is 13.1 Å². The molecule has 2 aromatic rings. The van der Waals surface area contributed by atoms with Gasteiger partial charge in [-0.2, -0.15) is 0 Å². The molecule has 5 nitrogen and oxygen atoms in total. The normalized spacial score (nSPS) is 24.5. The Bertz CT molecular complexity index is 861. The maximum atomic E-state index is 12.8. The van der Waals surface area contributed by atoms with Crippen LogP contribution in [0.3, 0.4) is 0 Å².